The number of para-hydroxylation sites is 1. The van der Waals surface area contributed by atoms with E-state index >= 15 is 0 Å². The highest BCUT2D eigenvalue weighted by atomic mass is 32.1. The molecule has 3 N–H and O–H groups in total. The highest BCUT2D eigenvalue weighted by molar-refractivity contribution is 7.80. The van der Waals surface area contributed by atoms with Crippen molar-refractivity contribution in [2.45, 2.75) is 6.92 Å². The highest BCUT2D eigenvalue weighted by Crippen LogP contribution is 2.14. The van der Waals surface area contributed by atoms with E-state index in [0.717, 1.165) is 0 Å². The van der Waals surface area contributed by atoms with E-state index in [9.17, 15) is 9.59 Å². The van der Waals surface area contributed by atoms with Gasteiger partial charge in [-0.25, -0.2) is 0 Å². The lowest BCUT2D eigenvalue weighted by Gasteiger charge is -2.13. The number of anilines is 1. The second kappa shape index (κ2) is 8.05. The van der Waals surface area contributed by atoms with Crippen molar-refractivity contribution in [1.82, 2.24) is 10.6 Å². The Morgan fingerprint density at radius 2 is 1.61 bits per heavy atom. The Morgan fingerprint density at radius 1 is 0.957 bits per heavy atom. The summed E-state index contributed by atoms with van der Waals surface area (Å²) >= 11 is 5.15. The molecule has 0 aliphatic rings. The van der Waals surface area contributed by atoms with E-state index in [1.807, 2.05) is 13.0 Å². The second-order valence-corrected chi connectivity index (χ2v) is 5.09. The van der Waals surface area contributed by atoms with Crippen LogP contribution in [0.15, 0.2) is 54.6 Å². The third-order valence-electron chi connectivity index (χ3n) is 3.02. The van der Waals surface area contributed by atoms with E-state index in [2.05, 4.69) is 16.0 Å². The first kappa shape index (κ1) is 16.6. The standard InChI is InChI=1S/C17H17N3O2S/c1-2-18-16(22)13-10-6-7-11-14(13)19-17(23)20-15(21)12-8-4-3-5-9-12/h3-11H,2H2,1H3,(H,18,22)(H2,19,20,21,23). The largest absolute Gasteiger partial charge is 0.352 e. The summed E-state index contributed by atoms with van der Waals surface area (Å²) in [7, 11) is 0. The molecule has 0 unspecified atom stereocenters. The summed E-state index contributed by atoms with van der Waals surface area (Å²) < 4.78 is 0. The molecular weight excluding hydrogens is 310 g/mol. The van der Waals surface area contributed by atoms with Crippen LogP contribution in [0.4, 0.5) is 5.69 Å². The number of hydrogen-bond acceptors (Lipinski definition) is 3. The fraction of sp³-hybridized carbons (Fsp3) is 0.118. The molecule has 0 bridgehead atoms. The fourth-order valence-corrected chi connectivity index (χ4v) is 2.17. The van der Waals surface area contributed by atoms with Gasteiger partial charge in [0.2, 0.25) is 0 Å². The maximum Gasteiger partial charge on any atom is 0.257 e. The van der Waals surface area contributed by atoms with Crippen LogP contribution in [0.3, 0.4) is 0 Å². The van der Waals surface area contributed by atoms with Gasteiger partial charge >= 0.3 is 0 Å². The maximum atomic E-state index is 12.0. The number of hydrogen-bond donors (Lipinski definition) is 3. The Bertz CT molecular complexity index is 717. The van der Waals surface area contributed by atoms with Crippen LogP contribution in [0.5, 0.6) is 0 Å². The van der Waals surface area contributed by atoms with Gasteiger partial charge < -0.3 is 10.6 Å². The molecule has 0 saturated carbocycles. The van der Waals surface area contributed by atoms with Gasteiger partial charge in [0, 0.05) is 12.1 Å². The quantitative estimate of drug-likeness (QED) is 0.755. The summed E-state index contributed by atoms with van der Waals surface area (Å²) in [5.41, 5.74) is 1.51. The smallest absolute Gasteiger partial charge is 0.257 e. The van der Waals surface area contributed by atoms with Gasteiger partial charge in [-0.2, -0.15) is 0 Å². The summed E-state index contributed by atoms with van der Waals surface area (Å²) in [5, 5.41) is 8.35. The SMILES string of the molecule is CCNC(=O)c1ccccc1NC(=S)NC(=O)c1ccccc1. The van der Waals surface area contributed by atoms with Gasteiger partial charge in [0.05, 0.1) is 11.3 Å². The van der Waals surface area contributed by atoms with Gasteiger partial charge in [0.15, 0.2) is 5.11 Å². The topological polar surface area (TPSA) is 70.2 Å². The Labute approximate surface area is 140 Å². The summed E-state index contributed by atoms with van der Waals surface area (Å²) in [6, 6.07) is 15.7. The molecular formula is C17H17N3O2S. The van der Waals surface area contributed by atoms with Gasteiger partial charge in [-0.1, -0.05) is 30.3 Å². The summed E-state index contributed by atoms with van der Waals surface area (Å²) in [6.07, 6.45) is 0. The summed E-state index contributed by atoms with van der Waals surface area (Å²) in [5.74, 6) is -0.508. The minimum atomic E-state index is -0.307. The lowest BCUT2D eigenvalue weighted by atomic mass is 10.1. The number of benzene rings is 2. The van der Waals surface area contributed by atoms with Crippen molar-refractivity contribution in [3.8, 4) is 0 Å². The zero-order valence-corrected chi connectivity index (χ0v) is 13.4. The van der Waals surface area contributed by atoms with Crippen LogP contribution in [0.2, 0.25) is 0 Å². The van der Waals surface area contributed by atoms with Crippen molar-refractivity contribution in [3.05, 3.63) is 65.7 Å². The number of thiocarbonyl (C=S) groups is 1. The molecule has 0 radical (unpaired) electrons. The number of carbonyl (C=O) groups excluding carboxylic acids is 2. The molecule has 0 fully saturated rings. The van der Waals surface area contributed by atoms with Gasteiger partial charge in [-0.3, -0.25) is 14.9 Å². The molecule has 2 amide bonds. The van der Waals surface area contributed by atoms with Crippen molar-refractivity contribution in [3.63, 3.8) is 0 Å². The normalized spacial score (nSPS) is 9.78. The van der Waals surface area contributed by atoms with Crippen molar-refractivity contribution < 1.29 is 9.59 Å². The van der Waals surface area contributed by atoms with Crippen LogP contribution < -0.4 is 16.0 Å². The first-order valence-corrected chi connectivity index (χ1v) is 7.57. The number of rotatable bonds is 4. The summed E-state index contributed by atoms with van der Waals surface area (Å²) in [6.45, 7) is 2.38. The molecule has 2 aromatic carbocycles. The van der Waals surface area contributed by atoms with Gasteiger partial charge in [-0.15, -0.1) is 0 Å². The number of nitrogens with one attached hydrogen (secondary N) is 3. The molecule has 0 aromatic heterocycles. The van der Waals surface area contributed by atoms with E-state index in [4.69, 9.17) is 12.2 Å². The average Bonchev–Trinajstić information content (AvgIpc) is 2.56. The molecule has 5 nitrogen and oxygen atoms in total. The molecule has 2 aromatic rings. The zero-order chi connectivity index (χ0) is 16.7. The molecule has 0 spiro atoms. The van der Waals surface area contributed by atoms with Gasteiger partial charge in [0.25, 0.3) is 11.8 Å². The first-order chi connectivity index (χ1) is 11.1. The number of amides is 2. The molecule has 0 heterocycles. The van der Waals surface area contributed by atoms with Crippen LogP contribution in [-0.2, 0) is 0 Å². The van der Waals surface area contributed by atoms with Crippen molar-refractivity contribution in [2.75, 3.05) is 11.9 Å². The van der Waals surface area contributed by atoms with E-state index in [1.165, 1.54) is 0 Å². The molecule has 2 rings (SSSR count). The zero-order valence-electron chi connectivity index (χ0n) is 12.6. The molecule has 0 aliphatic carbocycles. The average molecular weight is 327 g/mol. The van der Waals surface area contributed by atoms with Crippen LogP contribution in [0.25, 0.3) is 0 Å². The van der Waals surface area contributed by atoms with Crippen LogP contribution in [0, 0.1) is 0 Å². The predicted molar refractivity (Wildman–Crippen MR) is 94.6 cm³/mol. The Kier molecular flexibility index (Phi) is 5.82. The number of carbonyl (C=O) groups is 2. The van der Waals surface area contributed by atoms with Crippen molar-refractivity contribution >= 4 is 34.8 Å². The fourth-order valence-electron chi connectivity index (χ4n) is 1.96. The lowest BCUT2D eigenvalue weighted by Crippen LogP contribution is -2.35. The van der Waals surface area contributed by atoms with Crippen LogP contribution in [-0.4, -0.2) is 23.5 Å². The monoisotopic (exact) mass is 327 g/mol. The Hall–Kier alpha value is -2.73. The predicted octanol–water partition coefficient (Wildman–Crippen LogP) is 2.56. The Morgan fingerprint density at radius 3 is 2.30 bits per heavy atom. The van der Waals surface area contributed by atoms with Crippen LogP contribution in [0.1, 0.15) is 27.6 Å². The molecule has 6 heteroatoms. The lowest BCUT2D eigenvalue weighted by molar-refractivity contribution is 0.0954. The minimum absolute atomic E-state index is 0.135. The van der Waals surface area contributed by atoms with E-state index < -0.39 is 0 Å². The van der Waals surface area contributed by atoms with Crippen molar-refractivity contribution in [1.29, 1.82) is 0 Å². The van der Waals surface area contributed by atoms with E-state index in [-0.39, 0.29) is 16.9 Å². The molecule has 118 valence electrons. The minimum Gasteiger partial charge on any atom is -0.352 e. The molecule has 23 heavy (non-hydrogen) atoms. The molecule has 0 atom stereocenters. The van der Waals surface area contributed by atoms with Gasteiger partial charge in [-0.05, 0) is 43.4 Å². The molecule has 0 aliphatic heterocycles. The van der Waals surface area contributed by atoms with Crippen LogP contribution >= 0.6 is 12.2 Å². The van der Waals surface area contributed by atoms with Crippen molar-refractivity contribution in [2.24, 2.45) is 0 Å². The second-order valence-electron chi connectivity index (χ2n) is 4.68. The highest BCUT2D eigenvalue weighted by Gasteiger charge is 2.12. The Balaban J connectivity index is 2.06. The van der Waals surface area contributed by atoms with E-state index in [1.54, 1.807) is 48.5 Å². The third kappa shape index (κ3) is 4.62. The van der Waals surface area contributed by atoms with Gasteiger partial charge in [0.1, 0.15) is 0 Å². The van der Waals surface area contributed by atoms with E-state index in [0.29, 0.717) is 23.4 Å². The third-order valence-corrected chi connectivity index (χ3v) is 3.22. The maximum absolute atomic E-state index is 12.0. The first-order valence-electron chi connectivity index (χ1n) is 7.16. The summed E-state index contributed by atoms with van der Waals surface area (Å²) in [4.78, 5) is 24.1. The molecule has 0 saturated heterocycles.